The highest BCUT2D eigenvalue weighted by molar-refractivity contribution is 7.17. The van der Waals surface area contributed by atoms with E-state index in [2.05, 4.69) is 5.32 Å². The van der Waals surface area contributed by atoms with Gasteiger partial charge in [-0.3, -0.25) is 4.79 Å². The van der Waals surface area contributed by atoms with Crippen LogP contribution in [0.5, 0.6) is 0 Å². The fourth-order valence-electron chi connectivity index (χ4n) is 2.98. The number of halogens is 4. The zero-order valence-electron chi connectivity index (χ0n) is 14.3. The number of fused-ring (bicyclic) bond motifs is 1. The SMILES string of the molecule is CCOC(=O)c1c(NC(=O)c2cc(F)c(F)c(F)c2F)sc2c1CCCC2. The van der Waals surface area contributed by atoms with E-state index in [4.69, 9.17) is 4.74 Å². The maximum Gasteiger partial charge on any atom is 0.341 e. The molecule has 2 aromatic rings. The van der Waals surface area contributed by atoms with Crippen molar-refractivity contribution >= 4 is 28.2 Å². The van der Waals surface area contributed by atoms with Crippen molar-refractivity contribution in [3.8, 4) is 0 Å². The number of ether oxygens (including phenoxy) is 1. The van der Waals surface area contributed by atoms with Crippen LogP contribution in [0, 0.1) is 23.3 Å². The van der Waals surface area contributed by atoms with E-state index in [0.717, 1.165) is 41.0 Å². The van der Waals surface area contributed by atoms with Crippen molar-refractivity contribution in [2.45, 2.75) is 32.6 Å². The van der Waals surface area contributed by atoms with Crippen LogP contribution < -0.4 is 5.32 Å². The van der Waals surface area contributed by atoms with Gasteiger partial charge in [-0.15, -0.1) is 11.3 Å². The highest BCUT2D eigenvalue weighted by atomic mass is 32.1. The largest absolute Gasteiger partial charge is 0.462 e. The number of esters is 1. The van der Waals surface area contributed by atoms with E-state index in [1.165, 1.54) is 0 Å². The van der Waals surface area contributed by atoms with Crippen molar-refractivity contribution in [3.05, 3.63) is 50.9 Å². The van der Waals surface area contributed by atoms with Gasteiger partial charge in [-0.1, -0.05) is 0 Å². The number of amides is 1. The number of hydrogen-bond donors (Lipinski definition) is 1. The Morgan fingerprint density at radius 1 is 1.11 bits per heavy atom. The summed E-state index contributed by atoms with van der Waals surface area (Å²) in [4.78, 5) is 25.6. The van der Waals surface area contributed by atoms with Gasteiger partial charge in [-0.25, -0.2) is 22.4 Å². The number of hydrogen-bond acceptors (Lipinski definition) is 4. The first kappa shape index (κ1) is 19.3. The van der Waals surface area contributed by atoms with Gasteiger partial charge in [0.2, 0.25) is 0 Å². The standard InChI is InChI=1S/C18H15F4NO3S/c1-2-26-18(25)12-8-5-3-4-6-11(8)27-17(12)23-16(24)9-7-10(19)14(21)15(22)13(9)20/h7H,2-6H2,1H3,(H,23,24). The molecule has 1 aliphatic carbocycles. The fourth-order valence-corrected chi connectivity index (χ4v) is 4.25. The highest BCUT2D eigenvalue weighted by Crippen LogP contribution is 2.39. The van der Waals surface area contributed by atoms with Crippen LogP contribution >= 0.6 is 11.3 Å². The second-order valence-corrected chi connectivity index (χ2v) is 7.04. The molecule has 0 spiro atoms. The average molecular weight is 401 g/mol. The van der Waals surface area contributed by atoms with E-state index in [9.17, 15) is 27.2 Å². The van der Waals surface area contributed by atoms with E-state index in [-0.39, 0.29) is 23.2 Å². The quantitative estimate of drug-likeness (QED) is 0.352. The van der Waals surface area contributed by atoms with Crippen LogP contribution in [-0.2, 0) is 17.6 Å². The monoisotopic (exact) mass is 401 g/mol. The number of benzene rings is 1. The molecule has 0 unspecified atom stereocenters. The minimum absolute atomic E-state index is 0.120. The van der Waals surface area contributed by atoms with Gasteiger partial charge in [0.15, 0.2) is 23.3 Å². The summed E-state index contributed by atoms with van der Waals surface area (Å²) < 4.78 is 58.8. The second kappa shape index (κ2) is 7.67. The molecular weight excluding hydrogens is 386 g/mol. The number of anilines is 1. The Labute approximate surface area is 156 Å². The maximum atomic E-state index is 13.9. The van der Waals surface area contributed by atoms with Crippen LogP contribution in [0.3, 0.4) is 0 Å². The van der Waals surface area contributed by atoms with Gasteiger partial charge in [-0.2, -0.15) is 0 Å². The topological polar surface area (TPSA) is 55.4 Å². The summed E-state index contributed by atoms with van der Waals surface area (Å²) in [7, 11) is 0. The summed E-state index contributed by atoms with van der Waals surface area (Å²) in [5, 5.41) is 2.44. The summed E-state index contributed by atoms with van der Waals surface area (Å²) in [6.07, 6.45) is 3.14. The molecule has 0 saturated heterocycles. The normalized spacial score (nSPS) is 13.2. The first-order chi connectivity index (χ1) is 12.8. The fraction of sp³-hybridized carbons (Fsp3) is 0.333. The van der Waals surface area contributed by atoms with Crippen LogP contribution in [0.15, 0.2) is 6.07 Å². The molecule has 1 heterocycles. The molecular formula is C18H15F4NO3S. The summed E-state index contributed by atoms with van der Waals surface area (Å²) in [6.45, 7) is 1.76. The van der Waals surface area contributed by atoms with Crippen molar-refractivity contribution in [3.63, 3.8) is 0 Å². The number of thiophene rings is 1. The molecule has 9 heteroatoms. The zero-order valence-corrected chi connectivity index (χ0v) is 15.1. The molecule has 144 valence electrons. The molecule has 0 aliphatic heterocycles. The molecule has 4 nitrogen and oxygen atoms in total. The molecule has 1 aromatic heterocycles. The third-order valence-electron chi connectivity index (χ3n) is 4.23. The van der Waals surface area contributed by atoms with Gasteiger partial charge in [0.25, 0.3) is 5.91 Å². The summed E-state index contributed by atoms with van der Waals surface area (Å²) >= 11 is 1.14. The Morgan fingerprint density at radius 2 is 1.81 bits per heavy atom. The molecule has 0 saturated carbocycles. The Hall–Kier alpha value is -2.42. The molecule has 0 atom stereocenters. The first-order valence-corrected chi connectivity index (χ1v) is 9.12. The maximum absolute atomic E-state index is 13.9. The highest BCUT2D eigenvalue weighted by Gasteiger charge is 2.29. The lowest BCUT2D eigenvalue weighted by Gasteiger charge is -2.12. The Morgan fingerprint density at radius 3 is 2.52 bits per heavy atom. The molecule has 0 radical (unpaired) electrons. The van der Waals surface area contributed by atoms with E-state index in [1.807, 2.05) is 0 Å². The van der Waals surface area contributed by atoms with E-state index in [1.54, 1.807) is 6.92 Å². The van der Waals surface area contributed by atoms with E-state index < -0.39 is 40.7 Å². The van der Waals surface area contributed by atoms with Crippen molar-refractivity contribution in [1.29, 1.82) is 0 Å². The number of rotatable bonds is 4. The zero-order chi connectivity index (χ0) is 19.7. The molecule has 1 aliphatic rings. The minimum Gasteiger partial charge on any atom is -0.462 e. The Kier molecular flexibility index (Phi) is 5.50. The molecule has 1 N–H and O–H groups in total. The van der Waals surface area contributed by atoms with Gasteiger partial charge in [0.1, 0.15) is 5.00 Å². The number of carbonyl (C=O) groups excluding carboxylic acids is 2. The van der Waals surface area contributed by atoms with Gasteiger partial charge < -0.3 is 10.1 Å². The molecule has 27 heavy (non-hydrogen) atoms. The predicted octanol–water partition coefficient (Wildman–Crippen LogP) is 4.61. The Balaban J connectivity index is 2.00. The summed E-state index contributed by atoms with van der Waals surface area (Å²) in [6, 6.07) is 0.278. The van der Waals surface area contributed by atoms with Crippen LogP contribution in [0.1, 0.15) is 50.9 Å². The molecule has 1 aromatic carbocycles. The van der Waals surface area contributed by atoms with Gasteiger partial charge in [0, 0.05) is 4.88 Å². The predicted molar refractivity (Wildman–Crippen MR) is 91.1 cm³/mol. The van der Waals surface area contributed by atoms with Crippen LogP contribution in [0.2, 0.25) is 0 Å². The van der Waals surface area contributed by atoms with Crippen LogP contribution in [0.25, 0.3) is 0 Å². The lowest BCUT2D eigenvalue weighted by molar-refractivity contribution is 0.0526. The smallest absolute Gasteiger partial charge is 0.341 e. The summed E-state index contributed by atoms with van der Waals surface area (Å²) in [5.74, 6) is -9.38. The molecule has 0 fully saturated rings. The lowest BCUT2D eigenvalue weighted by Crippen LogP contribution is -2.18. The average Bonchev–Trinajstić information content (AvgIpc) is 3.00. The van der Waals surface area contributed by atoms with E-state index >= 15 is 0 Å². The number of nitrogens with one attached hydrogen (secondary N) is 1. The van der Waals surface area contributed by atoms with Crippen molar-refractivity contribution in [2.75, 3.05) is 11.9 Å². The summed E-state index contributed by atoms with van der Waals surface area (Å²) in [5.41, 5.74) is -0.0575. The van der Waals surface area contributed by atoms with Gasteiger partial charge in [-0.05, 0) is 44.2 Å². The van der Waals surface area contributed by atoms with Gasteiger partial charge in [0.05, 0.1) is 17.7 Å². The third-order valence-corrected chi connectivity index (χ3v) is 5.43. The Bertz CT molecular complexity index is 926. The third kappa shape index (κ3) is 3.55. The van der Waals surface area contributed by atoms with Crippen LogP contribution in [0.4, 0.5) is 22.6 Å². The lowest BCUT2D eigenvalue weighted by atomic mass is 9.95. The van der Waals surface area contributed by atoms with Crippen molar-refractivity contribution < 1.29 is 31.9 Å². The van der Waals surface area contributed by atoms with Crippen LogP contribution in [-0.4, -0.2) is 18.5 Å². The number of carbonyl (C=O) groups is 2. The van der Waals surface area contributed by atoms with E-state index in [0.29, 0.717) is 6.42 Å². The minimum atomic E-state index is -2.07. The number of aryl methyl sites for hydroxylation is 1. The first-order valence-electron chi connectivity index (χ1n) is 8.31. The molecule has 1 amide bonds. The molecule has 3 rings (SSSR count). The van der Waals surface area contributed by atoms with Gasteiger partial charge >= 0.3 is 5.97 Å². The van der Waals surface area contributed by atoms with Crippen molar-refractivity contribution in [1.82, 2.24) is 0 Å². The second-order valence-electron chi connectivity index (χ2n) is 5.94. The molecule has 0 bridgehead atoms. The van der Waals surface area contributed by atoms with Crippen molar-refractivity contribution in [2.24, 2.45) is 0 Å².